The second-order valence-corrected chi connectivity index (χ2v) is 5.14. The number of guanidine groups is 1. The Balaban J connectivity index is 2.38. The Labute approximate surface area is 110 Å². The third-order valence-corrected chi connectivity index (χ3v) is 2.28. The maximum Gasteiger partial charge on any atom is 0.191 e. The van der Waals surface area contributed by atoms with Gasteiger partial charge < -0.3 is 15.1 Å². The molecule has 0 radical (unpaired) electrons. The van der Waals surface area contributed by atoms with Gasteiger partial charge in [-0.05, 0) is 31.9 Å². The molecule has 0 spiro atoms. The maximum atomic E-state index is 5.29. The monoisotopic (exact) mass is 251 g/mol. The fourth-order valence-corrected chi connectivity index (χ4v) is 1.46. The van der Waals surface area contributed by atoms with E-state index >= 15 is 0 Å². The van der Waals surface area contributed by atoms with E-state index in [2.05, 4.69) is 43.3 Å². The van der Waals surface area contributed by atoms with E-state index < -0.39 is 0 Å². The van der Waals surface area contributed by atoms with Crippen LogP contribution in [0.5, 0.6) is 0 Å². The van der Waals surface area contributed by atoms with Gasteiger partial charge in [0.25, 0.3) is 0 Å². The number of nitrogens with one attached hydrogen (secondary N) is 2. The summed E-state index contributed by atoms with van der Waals surface area (Å²) < 4.78 is 5.29. The molecule has 18 heavy (non-hydrogen) atoms. The van der Waals surface area contributed by atoms with Crippen LogP contribution in [-0.4, -0.2) is 25.1 Å². The van der Waals surface area contributed by atoms with Gasteiger partial charge in [-0.2, -0.15) is 0 Å². The van der Waals surface area contributed by atoms with Gasteiger partial charge in [0.15, 0.2) is 5.96 Å². The SMILES string of the molecule is CC(C)CN=C(NCCc1ccco1)NC(C)C. The molecule has 0 aliphatic heterocycles. The van der Waals surface area contributed by atoms with Crippen molar-refractivity contribution >= 4 is 5.96 Å². The average Bonchev–Trinajstić information content (AvgIpc) is 2.77. The molecule has 1 rings (SSSR count). The summed E-state index contributed by atoms with van der Waals surface area (Å²) in [6.07, 6.45) is 2.57. The van der Waals surface area contributed by atoms with Crippen LogP contribution in [0.25, 0.3) is 0 Å². The Hall–Kier alpha value is -1.45. The van der Waals surface area contributed by atoms with Gasteiger partial charge >= 0.3 is 0 Å². The molecule has 1 heterocycles. The van der Waals surface area contributed by atoms with Gasteiger partial charge in [-0.25, -0.2) is 0 Å². The van der Waals surface area contributed by atoms with Crippen molar-refractivity contribution in [3.05, 3.63) is 24.2 Å². The molecular weight excluding hydrogens is 226 g/mol. The Morgan fingerprint density at radius 1 is 1.33 bits per heavy atom. The van der Waals surface area contributed by atoms with Crippen molar-refractivity contribution in [2.24, 2.45) is 10.9 Å². The third kappa shape index (κ3) is 6.33. The van der Waals surface area contributed by atoms with E-state index in [4.69, 9.17) is 4.42 Å². The maximum absolute atomic E-state index is 5.29. The zero-order valence-electron chi connectivity index (χ0n) is 11.9. The fraction of sp³-hybridized carbons (Fsp3) is 0.643. The van der Waals surface area contributed by atoms with E-state index in [1.807, 2.05) is 12.1 Å². The Bertz CT molecular complexity index is 342. The summed E-state index contributed by atoms with van der Waals surface area (Å²) >= 11 is 0. The molecule has 102 valence electrons. The predicted molar refractivity (Wildman–Crippen MR) is 75.8 cm³/mol. The quantitative estimate of drug-likeness (QED) is 0.603. The van der Waals surface area contributed by atoms with Gasteiger partial charge in [0.05, 0.1) is 6.26 Å². The summed E-state index contributed by atoms with van der Waals surface area (Å²) in [4.78, 5) is 4.55. The van der Waals surface area contributed by atoms with E-state index in [0.717, 1.165) is 31.2 Å². The largest absolute Gasteiger partial charge is 0.469 e. The van der Waals surface area contributed by atoms with E-state index in [-0.39, 0.29) is 0 Å². The van der Waals surface area contributed by atoms with Gasteiger partial charge in [-0.1, -0.05) is 13.8 Å². The van der Waals surface area contributed by atoms with Crippen molar-refractivity contribution in [2.75, 3.05) is 13.1 Å². The van der Waals surface area contributed by atoms with Crippen LogP contribution in [0, 0.1) is 5.92 Å². The van der Waals surface area contributed by atoms with Gasteiger partial charge in [-0.15, -0.1) is 0 Å². The molecule has 0 saturated heterocycles. The standard InChI is InChI=1S/C14H25N3O/c1-11(2)10-16-14(17-12(3)4)15-8-7-13-6-5-9-18-13/h5-6,9,11-12H,7-8,10H2,1-4H3,(H2,15,16,17). The highest BCUT2D eigenvalue weighted by Crippen LogP contribution is 1.99. The molecule has 2 N–H and O–H groups in total. The number of hydrogen-bond donors (Lipinski definition) is 2. The summed E-state index contributed by atoms with van der Waals surface area (Å²) in [6.45, 7) is 10.2. The molecule has 1 aromatic rings. The molecule has 0 unspecified atom stereocenters. The molecule has 1 aromatic heterocycles. The van der Waals surface area contributed by atoms with Crippen LogP contribution in [0.1, 0.15) is 33.5 Å². The number of nitrogens with zero attached hydrogens (tertiary/aromatic N) is 1. The van der Waals surface area contributed by atoms with Crippen LogP contribution in [0.4, 0.5) is 0 Å². The van der Waals surface area contributed by atoms with Crippen molar-refractivity contribution in [1.29, 1.82) is 0 Å². The first-order valence-electron chi connectivity index (χ1n) is 6.65. The van der Waals surface area contributed by atoms with E-state index in [1.165, 1.54) is 0 Å². The van der Waals surface area contributed by atoms with Crippen molar-refractivity contribution in [3.63, 3.8) is 0 Å². The fourth-order valence-electron chi connectivity index (χ4n) is 1.46. The van der Waals surface area contributed by atoms with Crippen LogP contribution >= 0.6 is 0 Å². The molecule has 4 nitrogen and oxygen atoms in total. The third-order valence-electron chi connectivity index (χ3n) is 2.28. The molecular formula is C14H25N3O. The van der Waals surface area contributed by atoms with Gasteiger partial charge in [0.2, 0.25) is 0 Å². The highest BCUT2D eigenvalue weighted by atomic mass is 16.3. The van der Waals surface area contributed by atoms with Crippen LogP contribution < -0.4 is 10.6 Å². The normalized spacial score (nSPS) is 12.2. The second kappa shape index (κ2) is 7.80. The van der Waals surface area contributed by atoms with E-state index in [0.29, 0.717) is 12.0 Å². The first-order chi connectivity index (χ1) is 8.58. The molecule has 0 atom stereocenters. The minimum Gasteiger partial charge on any atom is -0.469 e. The predicted octanol–water partition coefficient (Wildman–Crippen LogP) is 2.42. The van der Waals surface area contributed by atoms with Crippen LogP contribution in [-0.2, 0) is 6.42 Å². The van der Waals surface area contributed by atoms with Crippen molar-refractivity contribution in [1.82, 2.24) is 10.6 Å². The van der Waals surface area contributed by atoms with Crippen LogP contribution in [0.15, 0.2) is 27.8 Å². The Morgan fingerprint density at radius 3 is 2.67 bits per heavy atom. The molecule has 0 aromatic carbocycles. The highest BCUT2D eigenvalue weighted by molar-refractivity contribution is 5.80. The minimum absolute atomic E-state index is 0.382. The first kappa shape index (κ1) is 14.6. The summed E-state index contributed by atoms with van der Waals surface area (Å²) in [5.41, 5.74) is 0. The van der Waals surface area contributed by atoms with Gasteiger partial charge in [0, 0.05) is 25.6 Å². The molecule has 4 heteroatoms. The second-order valence-electron chi connectivity index (χ2n) is 5.14. The molecule has 0 aliphatic rings. The van der Waals surface area contributed by atoms with Crippen molar-refractivity contribution < 1.29 is 4.42 Å². The zero-order valence-corrected chi connectivity index (χ0v) is 11.9. The summed E-state index contributed by atoms with van der Waals surface area (Å²) in [5, 5.41) is 6.65. The lowest BCUT2D eigenvalue weighted by Crippen LogP contribution is -2.42. The first-order valence-corrected chi connectivity index (χ1v) is 6.65. The Kier molecular flexibility index (Phi) is 6.33. The molecule has 0 bridgehead atoms. The van der Waals surface area contributed by atoms with E-state index in [9.17, 15) is 0 Å². The van der Waals surface area contributed by atoms with Gasteiger partial charge in [0.1, 0.15) is 5.76 Å². The Morgan fingerprint density at radius 2 is 2.11 bits per heavy atom. The molecule has 0 aliphatic carbocycles. The summed E-state index contributed by atoms with van der Waals surface area (Å²) in [7, 11) is 0. The number of aliphatic imine (C=N–C) groups is 1. The lowest BCUT2D eigenvalue weighted by atomic mass is 10.2. The average molecular weight is 251 g/mol. The van der Waals surface area contributed by atoms with Crippen molar-refractivity contribution in [3.8, 4) is 0 Å². The van der Waals surface area contributed by atoms with Crippen molar-refractivity contribution in [2.45, 2.75) is 40.2 Å². The minimum atomic E-state index is 0.382. The lowest BCUT2D eigenvalue weighted by Gasteiger charge is -2.15. The molecule has 0 saturated carbocycles. The number of furan rings is 1. The lowest BCUT2D eigenvalue weighted by molar-refractivity contribution is 0.506. The number of rotatable bonds is 6. The van der Waals surface area contributed by atoms with Gasteiger partial charge in [-0.3, -0.25) is 4.99 Å². The molecule has 0 fully saturated rings. The topological polar surface area (TPSA) is 49.6 Å². The van der Waals surface area contributed by atoms with Crippen LogP contribution in [0.3, 0.4) is 0 Å². The highest BCUT2D eigenvalue weighted by Gasteiger charge is 2.02. The smallest absolute Gasteiger partial charge is 0.191 e. The molecule has 0 amide bonds. The van der Waals surface area contributed by atoms with E-state index in [1.54, 1.807) is 6.26 Å². The van der Waals surface area contributed by atoms with Crippen LogP contribution in [0.2, 0.25) is 0 Å². The summed E-state index contributed by atoms with van der Waals surface area (Å²) in [6, 6.07) is 4.28. The zero-order chi connectivity index (χ0) is 13.4. The summed E-state index contributed by atoms with van der Waals surface area (Å²) in [5.74, 6) is 2.45. The number of hydrogen-bond acceptors (Lipinski definition) is 2.